The smallest absolute Gasteiger partial charge is 0.123 e. The van der Waals surface area contributed by atoms with Crippen molar-refractivity contribution in [1.29, 1.82) is 0 Å². The van der Waals surface area contributed by atoms with Gasteiger partial charge in [0.25, 0.3) is 0 Å². The number of hydrogen-bond acceptors (Lipinski definition) is 1. The van der Waals surface area contributed by atoms with Crippen molar-refractivity contribution < 1.29 is 4.74 Å². The van der Waals surface area contributed by atoms with Crippen LogP contribution in [0.3, 0.4) is 0 Å². The highest BCUT2D eigenvalue weighted by atomic mass is 35.5. The first-order chi connectivity index (χ1) is 7.77. The van der Waals surface area contributed by atoms with E-state index in [0.29, 0.717) is 0 Å². The van der Waals surface area contributed by atoms with Gasteiger partial charge in [0.15, 0.2) is 0 Å². The summed E-state index contributed by atoms with van der Waals surface area (Å²) in [6, 6.07) is 6.02. The molecule has 1 aliphatic heterocycles. The van der Waals surface area contributed by atoms with Gasteiger partial charge in [-0.2, -0.15) is 0 Å². The monoisotopic (exact) mass is 236 g/mol. The van der Waals surface area contributed by atoms with E-state index in [0.717, 1.165) is 17.2 Å². The summed E-state index contributed by atoms with van der Waals surface area (Å²) in [7, 11) is 0. The number of hydrogen-bond donors (Lipinski definition) is 0. The van der Waals surface area contributed by atoms with E-state index in [1.54, 1.807) is 0 Å². The zero-order valence-corrected chi connectivity index (χ0v) is 10.2. The molecule has 1 aromatic rings. The quantitative estimate of drug-likeness (QED) is 0.650. The summed E-state index contributed by atoms with van der Waals surface area (Å²) in [5.74, 6) is 1.07. The Kier molecular flexibility index (Phi) is 2.59. The van der Waals surface area contributed by atoms with E-state index in [-0.39, 0.29) is 5.60 Å². The number of rotatable bonds is 0. The molecule has 2 heteroatoms. The van der Waals surface area contributed by atoms with Gasteiger partial charge in [-0.3, -0.25) is 0 Å². The van der Waals surface area contributed by atoms with Gasteiger partial charge in [-0.05, 0) is 62.3 Å². The van der Waals surface area contributed by atoms with Crippen molar-refractivity contribution in [2.75, 3.05) is 0 Å². The molecule has 2 aliphatic rings. The second-order valence-corrected chi connectivity index (χ2v) is 5.53. The molecule has 0 atom stereocenters. The van der Waals surface area contributed by atoms with Crippen molar-refractivity contribution in [3.05, 3.63) is 28.8 Å². The Hall–Kier alpha value is -0.690. The highest BCUT2D eigenvalue weighted by molar-refractivity contribution is 6.30. The molecule has 0 unspecified atom stereocenters. The molecule has 1 nitrogen and oxygen atoms in total. The number of ether oxygens (including phenoxy) is 1. The van der Waals surface area contributed by atoms with Gasteiger partial charge in [-0.1, -0.05) is 18.0 Å². The predicted octanol–water partition coefficient (Wildman–Crippen LogP) is 4.37. The fourth-order valence-corrected chi connectivity index (χ4v) is 3.23. The molecule has 1 saturated carbocycles. The first-order valence-corrected chi connectivity index (χ1v) is 6.63. The van der Waals surface area contributed by atoms with Gasteiger partial charge in [-0.25, -0.2) is 0 Å². The van der Waals surface area contributed by atoms with Gasteiger partial charge in [0.2, 0.25) is 0 Å². The maximum atomic E-state index is 6.26. The molecule has 1 fully saturated rings. The van der Waals surface area contributed by atoms with E-state index in [9.17, 15) is 0 Å². The van der Waals surface area contributed by atoms with Gasteiger partial charge >= 0.3 is 0 Å². The van der Waals surface area contributed by atoms with Crippen LogP contribution < -0.4 is 4.74 Å². The largest absolute Gasteiger partial charge is 0.487 e. The number of fused-ring (bicyclic) bond motifs is 1. The summed E-state index contributed by atoms with van der Waals surface area (Å²) in [6.07, 6.45) is 8.77. The fraction of sp³-hybridized carbons (Fsp3) is 0.571. The van der Waals surface area contributed by atoms with Gasteiger partial charge in [0, 0.05) is 5.02 Å². The Morgan fingerprint density at radius 1 is 1.06 bits per heavy atom. The fourth-order valence-electron chi connectivity index (χ4n) is 3.04. The molecule has 0 aromatic heterocycles. The number of aryl methyl sites for hydroxylation is 1. The van der Waals surface area contributed by atoms with E-state index in [2.05, 4.69) is 0 Å². The lowest BCUT2D eigenvalue weighted by molar-refractivity contribution is 0.0108. The van der Waals surface area contributed by atoms with Crippen LogP contribution in [0.15, 0.2) is 18.2 Å². The lowest BCUT2D eigenvalue weighted by atomic mass is 9.79. The van der Waals surface area contributed by atoms with Crippen LogP contribution >= 0.6 is 11.6 Å². The van der Waals surface area contributed by atoms with Crippen molar-refractivity contribution in [2.45, 2.75) is 50.5 Å². The van der Waals surface area contributed by atoms with E-state index in [1.807, 2.05) is 18.2 Å². The van der Waals surface area contributed by atoms with Gasteiger partial charge < -0.3 is 4.74 Å². The minimum atomic E-state index is 0.152. The molecule has 0 radical (unpaired) electrons. The van der Waals surface area contributed by atoms with Crippen LogP contribution in [0.1, 0.15) is 44.1 Å². The lowest BCUT2D eigenvalue weighted by Gasteiger charge is -2.41. The third kappa shape index (κ3) is 1.82. The molecule has 86 valence electrons. The highest BCUT2D eigenvalue weighted by Gasteiger charge is 2.37. The Labute approximate surface area is 102 Å². The summed E-state index contributed by atoms with van der Waals surface area (Å²) in [5, 5.41) is 0.821. The van der Waals surface area contributed by atoms with Crippen LogP contribution in [0.4, 0.5) is 0 Å². The summed E-state index contributed by atoms with van der Waals surface area (Å²) in [5.41, 5.74) is 1.43. The average molecular weight is 237 g/mol. The molecule has 1 spiro atoms. The van der Waals surface area contributed by atoms with Crippen LogP contribution in [0.2, 0.25) is 5.02 Å². The maximum absolute atomic E-state index is 6.26. The number of benzene rings is 1. The first kappa shape index (κ1) is 10.5. The zero-order chi connectivity index (χ0) is 11.0. The Balaban J connectivity index is 1.88. The second kappa shape index (κ2) is 3.96. The van der Waals surface area contributed by atoms with Crippen molar-refractivity contribution in [3.8, 4) is 5.75 Å². The maximum Gasteiger partial charge on any atom is 0.123 e. The van der Waals surface area contributed by atoms with Crippen LogP contribution in [0.25, 0.3) is 0 Å². The molecule has 3 rings (SSSR count). The summed E-state index contributed by atoms with van der Waals surface area (Å²) in [4.78, 5) is 0. The van der Waals surface area contributed by atoms with Crippen molar-refractivity contribution >= 4 is 11.6 Å². The molecule has 0 bridgehead atoms. The van der Waals surface area contributed by atoms with Gasteiger partial charge in [0.05, 0.1) is 0 Å². The summed E-state index contributed by atoms with van der Waals surface area (Å²) in [6.45, 7) is 0. The normalized spacial score (nSPS) is 22.6. The third-order valence-corrected chi connectivity index (χ3v) is 4.20. The Morgan fingerprint density at radius 2 is 1.88 bits per heavy atom. The molecule has 0 saturated heterocycles. The summed E-state index contributed by atoms with van der Waals surface area (Å²) < 4.78 is 6.26. The minimum Gasteiger partial charge on any atom is -0.487 e. The molecular formula is C14H17ClO. The predicted molar refractivity (Wildman–Crippen MR) is 66.2 cm³/mol. The van der Waals surface area contributed by atoms with Gasteiger partial charge in [0.1, 0.15) is 11.4 Å². The third-order valence-electron chi connectivity index (χ3n) is 3.96. The number of halogens is 1. The van der Waals surface area contributed by atoms with Gasteiger partial charge in [-0.15, -0.1) is 0 Å². The second-order valence-electron chi connectivity index (χ2n) is 5.10. The molecule has 1 heterocycles. The van der Waals surface area contributed by atoms with E-state index in [4.69, 9.17) is 16.3 Å². The van der Waals surface area contributed by atoms with Crippen LogP contribution in [0, 0.1) is 0 Å². The average Bonchev–Trinajstić information content (AvgIpc) is 2.31. The standard InChI is InChI=1S/C14H17ClO/c15-12-4-5-13-11(10-12)6-9-14(16-13)7-2-1-3-8-14/h4-5,10H,1-3,6-9H2. The highest BCUT2D eigenvalue weighted by Crippen LogP contribution is 2.42. The molecule has 1 aliphatic carbocycles. The minimum absolute atomic E-state index is 0.152. The molecule has 0 amide bonds. The van der Waals surface area contributed by atoms with Crippen molar-refractivity contribution in [1.82, 2.24) is 0 Å². The van der Waals surface area contributed by atoms with E-state index < -0.39 is 0 Å². The molecular weight excluding hydrogens is 220 g/mol. The topological polar surface area (TPSA) is 9.23 Å². The Morgan fingerprint density at radius 3 is 2.69 bits per heavy atom. The van der Waals surface area contributed by atoms with Crippen LogP contribution in [-0.4, -0.2) is 5.60 Å². The molecule has 0 N–H and O–H groups in total. The molecule has 1 aromatic carbocycles. The van der Waals surface area contributed by atoms with E-state index >= 15 is 0 Å². The van der Waals surface area contributed by atoms with Crippen LogP contribution in [-0.2, 0) is 6.42 Å². The Bertz CT molecular complexity index is 394. The SMILES string of the molecule is Clc1ccc2c(c1)CCC1(CCCCC1)O2. The van der Waals surface area contributed by atoms with E-state index in [1.165, 1.54) is 44.1 Å². The lowest BCUT2D eigenvalue weighted by Crippen LogP contribution is -2.41. The van der Waals surface area contributed by atoms with Crippen LogP contribution in [0.5, 0.6) is 5.75 Å². The van der Waals surface area contributed by atoms with Crippen molar-refractivity contribution in [3.63, 3.8) is 0 Å². The summed E-state index contributed by atoms with van der Waals surface area (Å²) >= 11 is 6.00. The zero-order valence-electron chi connectivity index (χ0n) is 9.47. The van der Waals surface area contributed by atoms with Crippen molar-refractivity contribution in [2.24, 2.45) is 0 Å². The molecule has 16 heavy (non-hydrogen) atoms. The first-order valence-electron chi connectivity index (χ1n) is 6.25.